The van der Waals surface area contributed by atoms with E-state index in [1.54, 1.807) is 30.0 Å². The quantitative estimate of drug-likeness (QED) is 0.668. The van der Waals surface area contributed by atoms with Gasteiger partial charge in [0.15, 0.2) is 16.6 Å². The van der Waals surface area contributed by atoms with Crippen molar-refractivity contribution in [3.8, 4) is 11.5 Å². The molecular weight excluding hydrogens is 446 g/mol. The van der Waals surface area contributed by atoms with Crippen LogP contribution >= 0.6 is 11.3 Å². The van der Waals surface area contributed by atoms with Crippen molar-refractivity contribution in [2.24, 2.45) is 5.92 Å². The second kappa shape index (κ2) is 9.01. The predicted octanol–water partition coefficient (Wildman–Crippen LogP) is 2.96. The van der Waals surface area contributed by atoms with Gasteiger partial charge in [-0.1, -0.05) is 0 Å². The Kier molecular flexibility index (Phi) is 5.92. The molecule has 1 aromatic carbocycles. The van der Waals surface area contributed by atoms with Gasteiger partial charge < -0.3 is 19.1 Å². The number of carbonyl (C=O) groups is 3. The molecule has 1 fully saturated rings. The molecule has 0 bridgehead atoms. The van der Waals surface area contributed by atoms with Gasteiger partial charge in [-0.25, -0.2) is 4.98 Å². The fourth-order valence-electron chi connectivity index (χ4n) is 4.58. The SMILES string of the molecule is CCOC(=O)C1CCCN(C(=O)C2CCc3sc(NC(=O)c4ccc5c(c4)OCO5)nc32)C1. The Morgan fingerprint density at radius 3 is 2.94 bits per heavy atom. The topological polar surface area (TPSA) is 107 Å². The van der Waals surface area contributed by atoms with E-state index < -0.39 is 0 Å². The van der Waals surface area contributed by atoms with Crippen LogP contribution in [0.1, 0.15) is 53.0 Å². The number of nitrogens with one attached hydrogen (secondary N) is 1. The zero-order valence-electron chi connectivity index (χ0n) is 18.3. The molecule has 5 rings (SSSR count). The number of esters is 1. The number of carbonyl (C=O) groups excluding carboxylic acids is 3. The van der Waals surface area contributed by atoms with E-state index in [1.807, 2.05) is 0 Å². The average Bonchev–Trinajstić information content (AvgIpc) is 3.54. The van der Waals surface area contributed by atoms with Crippen LogP contribution in [0, 0.1) is 5.92 Å². The largest absolute Gasteiger partial charge is 0.466 e. The molecule has 1 aliphatic carbocycles. The molecule has 2 unspecified atom stereocenters. The van der Waals surface area contributed by atoms with Gasteiger partial charge in [-0.05, 0) is 50.8 Å². The number of benzene rings is 1. The van der Waals surface area contributed by atoms with Crippen LogP contribution in [-0.4, -0.2) is 54.2 Å². The minimum Gasteiger partial charge on any atom is -0.466 e. The fourth-order valence-corrected chi connectivity index (χ4v) is 5.61. The van der Waals surface area contributed by atoms with Gasteiger partial charge in [-0.15, -0.1) is 11.3 Å². The van der Waals surface area contributed by atoms with Crippen LogP contribution in [0.25, 0.3) is 0 Å². The number of likely N-dealkylation sites (tertiary alicyclic amines) is 1. The molecule has 2 aromatic rings. The van der Waals surface area contributed by atoms with Crippen LogP contribution < -0.4 is 14.8 Å². The summed E-state index contributed by atoms with van der Waals surface area (Å²) in [5.41, 5.74) is 1.19. The molecule has 2 aliphatic heterocycles. The van der Waals surface area contributed by atoms with Gasteiger partial charge in [0.25, 0.3) is 5.91 Å². The Bertz CT molecular complexity index is 1100. The molecule has 3 aliphatic rings. The summed E-state index contributed by atoms with van der Waals surface area (Å²) in [6.45, 7) is 3.30. The van der Waals surface area contributed by atoms with Crippen molar-refractivity contribution in [3.05, 3.63) is 34.3 Å². The zero-order valence-corrected chi connectivity index (χ0v) is 19.1. The normalized spacial score (nSPS) is 20.9. The summed E-state index contributed by atoms with van der Waals surface area (Å²) in [5.74, 6) is 0.0217. The molecule has 1 aromatic heterocycles. The highest BCUT2D eigenvalue weighted by molar-refractivity contribution is 7.16. The van der Waals surface area contributed by atoms with Crippen molar-refractivity contribution in [2.75, 3.05) is 31.8 Å². The van der Waals surface area contributed by atoms with Crippen molar-refractivity contribution in [1.82, 2.24) is 9.88 Å². The molecule has 1 saturated heterocycles. The monoisotopic (exact) mass is 471 g/mol. The Morgan fingerprint density at radius 2 is 2.09 bits per heavy atom. The highest BCUT2D eigenvalue weighted by atomic mass is 32.1. The number of fused-ring (bicyclic) bond motifs is 2. The Balaban J connectivity index is 1.26. The first kappa shape index (κ1) is 21.7. The number of hydrogen-bond donors (Lipinski definition) is 1. The lowest BCUT2D eigenvalue weighted by Gasteiger charge is -2.33. The van der Waals surface area contributed by atoms with E-state index in [0.717, 1.165) is 29.8 Å². The molecule has 1 N–H and O–H groups in total. The summed E-state index contributed by atoms with van der Waals surface area (Å²) in [6, 6.07) is 5.02. The van der Waals surface area contributed by atoms with Gasteiger partial charge in [0.2, 0.25) is 12.7 Å². The van der Waals surface area contributed by atoms with Gasteiger partial charge in [-0.2, -0.15) is 0 Å². The van der Waals surface area contributed by atoms with Crippen LogP contribution in [0.4, 0.5) is 5.13 Å². The molecule has 0 saturated carbocycles. The summed E-state index contributed by atoms with van der Waals surface area (Å²) in [6.07, 6.45) is 2.97. The maximum Gasteiger partial charge on any atom is 0.310 e. The third kappa shape index (κ3) is 4.27. The highest BCUT2D eigenvalue weighted by Crippen LogP contribution is 2.40. The number of aromatic nitrogens is 1. The van der Waals surface area contributed by atoms with Crippen LogP contribution in [0.5, 0.6) is 11.5 Å². The summed E-state index contributed by atoms with van der Waals surface area (Å²) in [4.78, 5) is 45.5. The van der Waals surface area contributed by atoms with E-state index in [4.69, 9.17) is 14.2 Å². The number of nitrogens with zero attached hydrogens (tertiary/aromatic N) is 2. The van der Waals surface area contributed by atoms with E-state index in [0.29, 0.717) is 48.3 Å². The minimum absolute atomic E-state index is 0.00157. The first-order valence-corrected chi connectivity index (χ1v) is 12.0. The van der Waals surface area contributed by atoms with Gasteiger partial charge in [0.05, 0.1) is 24.1 Å². The smallest absolute Gasteiger partial charge is 0.310 e. The van der Waals surface area contributed by atoms with Crippen molar-refractivity contribution in [3.63, 3.8) is 0 Å². The predicted molar refractivity (Wildman–Crippen MR) is 120 cm³/mol. The third-order valence-corrected chi connectivity index (χ3v) is 7.27. The van der Waals surface area contributed by atoms with Crippen LogP contribution in [0.2, 0.25) is 0 Å². The second-order valence-corrected chi connectivity index (χ2v) is 9.40. The molecule has 0 radical (unpaired) electrons. The number of piperidine rings is 1. The molecule has 10 heteroatoms. The Morgan fingerprint density at radius 1 is 1.24 bits per heavy atom. The highest BCUT2D eigenvalue weighted by Gasteiger charge is 2.38. The van der Waals surface area contributed by atoms with Crippen LogP contribution in [-0.2, 0) is 20.7 Å². The molecule has 33 heavy (non-hydrogen) atoms. The molecule has 9 nitrogen and oxygen atoms in total. The van der Waals surface area contributed by atoms with Crippen molar-refractivity contribution >= 4 is 34.3 Å². The lowest BCUT2D eigenvalue weighted by atomic mass is 9.96. The summed E-state index contributed by atoms with van der Waals surface area (Å²) in [5, 5.41) is 3.32. The molecule has 3 heterocycles. The van der Waals surface area contributed by atoms with Crippen LogP contribution in [0.15, 0.2) is 18.2 Å². The standard InChI is InChI=1S/C23H25N3O6S/c1-2-30-22(29)14-4-3-9-26(11-14)21(28)15-6-8-18-19(15)24-23(33-18)25-20(27)13-5-7-16-17(10-13)32-12-31-16/h5,7,10,14-15H,2-4,6,8-9,11-12H2,1H3,(H,24,25,27). The Hall–Kier alpha value is -3.14. The second-order valence-electron chi connectivity index (χ2n) is 8.32. The molecule has 2 amide bonds. The van der Waals surface area contributed by atoms with Crippen molar-refractivity contribution in [1.29, 1.82) is 0 Å². The lowest BCUT2D eigenvalue weighted by Crippen LogP contribution is -2.44. The van der Waals surface area contributed by atoms with E-state index in [9.17, 15) is 14.4 Å². The summed E-state index contributed by atoms with van der Waals surface area (Å²) in [7, 11) is 0. The summed E-state index contributed by atoms with van der Waals surface area (Å²) >= 11 is 1.41. The van der Waals surface area contributed by atoms with E-state index in [1.165, 1.54) is 11.3 Å². The van der Waals surface area contributed by atoms with E-state index >= 15 is 0 Å². The fraction of sp³-hybridized carbons (Fsp3) is 0.478. The molecular formula is C23H25N3O6S. The van der Waals surface area contributed by atoms with E-state index in [2.05, 4.69) is 10.3 Å². The molecule has 174 valence electrons. The maximum absolute atomic E-state index is 13.3. The van der Waals surface area contributed by atoms with E-state index in [-0.39, 0.29) is 36.4 Å². The average molecular weight is 472 g/mol. The number of ether oxygens (including phenoxy) is 3. The number of aryl methyl sites for hydroxylation is 1. The van der Waals surface area contributed by atoms with Crippen molar-refractivity contribution < 1.29 is 28.6 Å². The maximum atomic E-state index is 13.3. The number of rotatable bonds is 5. The molecule has 2 atom stereocenters. The minimum atomic E-state index is -0.339. The first-order chi connectivity index (χ1) is 16.0. The number of amides is 2. The molecule has 0 spiro atoms. The number of thiazole rings is 1. The zero-order chi connectivity index (χ0) is 22.9. The lowest BCUT2D eigenvalue weighted by molar-refractivity contribution is -0.151. The van der Waals surface area contributed by atoms with Crippen molar-refractivity contribution in [2.45, 2.75) is 38.5 Å². The third-order valence-electron chi connectivity index (χ3n) is 6.22. The Labute approximate surface area is 195 Å². The van der Waals surface area contributed by atoms with Gasteiger partial charge in [-0.3, -0.25) is 19.7 Å². The first-order valence-electron chi connectivity index (χ1n) is 11.2. The number of hydrogen-bond acceptors (Lipinski definition) is 8. The van der Waals surface area contributed by atoms with Gasteiger partial charge in [0, 0.05) is 23.5 Å². The number of anilines is 1. The summed E-state index contributed by atoms with van der Waals surface area (Å²) < 4.78 is 15.8. The van der Waals surface area contributed by atoms with Gasteiger partial charge >= 0.3 is 5.97 Å². The van der Waals surface area contributed by atoms with Crippen LogP contribution in [0.3, 0.4) is 0 Å². The van der Waals surface area contributed by atoms with Gasteiger partial charge in [0.1, 0.15) is 0 Å².